The van der Waals surface area contributed by atoms with Crippen molar-refractivity contribution in [1.29, 1.82) is 0 Å². The van der Waals surface area contributed by atoms with E-state index in [-0.39, 0.29) is 29.3 Å². The Hall–Kier alpha value is -4.32. The number of rotatable bonds is 13. The molecule has 264 valence electrons. The van der Waals surface area contributed by atoms with Crippen LogP contribution in [-0.4, -0.2) is 85.8 Å². The topological polar surface area (TPSA) is 137 Å². The summed E-state index contributed by atoms with van der Waals surface area (Å²) in [5.74, 6) is -1.18. The van der Waals surface area contributed by atoms with E-state index in [2.05, 4.69) is 25.9 Å². The lowest BCUT2D eigenvalue weighted by Gasteiger charge is -2.33. The first-order valence-corrected chi connectivity index (χ1v) is 18.1. The van der Waals surface area contributed by atoms with Gasteiger partial charge in [-0.05, 0) is 69.4 Å². The second-order valence-electron chi connectivity index (χ2n) is 14.3. The molecule has 1 aliphatic rings. The summed E-state index contributed by atoms with van der Waals surface area (Å²) in [7, 11) is 0. The number of pyridine rings is 2. The van der Waals surface area contributed by atoms with Crippen LogP contribution >= 0.6 is 11.8 Å². The smallest absolute Gasteiger partial charge is 0.270 e. The maximum absolute atomic E-state index is 13.9. The number of fused-ring (bicyclic) bond motifs is 1. The van der Waals surface area contributed by atoms with Gasteiger partial charge in [0.1, 0.15) is 11.7 Å². The van der Waals surface area contributed by atoms with Gasteiger partial charge in [0.05, 0.1) is 23.7 Å². The summed E-state index contributed by atoms with van der Waals surface area (Å²) >= 11 is 1.70. The van der Waals surface area contributed by atoms with E-state index in [1.54, 1.807) is 30.2 Å². The van der Waals surface area contributed by atoms with E-state index in [0.717, 1.165) is 15.8 Å². The third-order valence-corrected chi connectivity index (χ3v) is 9.92. The van der Waals surface area contributed by atoms with E-state index in [1.165, 1.54) is 0 Å². The molecule has 1 aliphatic heterocycles. The molecule has 10 nitrogen and oxygen atoms in total. The van der Waals surface area contributed by atoms with Gasteiger partial charge in [-0.2, -0.15) is 0 Å². The summed E-state index contributed by atoms with van der Waals surface area (Å²) in [4.78, 5) is 52.6. The van der Waals surface area contributed by atoms with Crippen LogP contribution in [0.25, 0.3) is 10.9 Å². The average Bonchev–Trinajstić information content (AvgIpc) is 3.48. The van der Waals surface area contributed by atoms with Crippen molar-refractivity contribution in [3.8, 4) is 0 Å². The molecule has 0 unspecified atom stereocenters. The lowest BCUT2D eigenvalue weighted by molar-refractivity contribution is -0.128. The molecule has 1 fully saturated rings. The van der Waals surface area contributed by atoms with Crippen molar-refractivity contribution in [2.24, 2.45) is 5.92 Å². The van der Waals surface area contributed by atoms with E-state index in [4.69, 9.17) is 0 Å². The van der Waals surface area contributed by atoms with Crippen molar-refractivity contribution in [2.45, 2.75) is 87.4 Å². The minimum absolute atomic E-state index is 0.0870. The second-order valence-corrected chi connectivity index (χ2v) is 15.7. The van der Waals surface area contributed by atoms with Crippen LogP contribution in [0.5, 0.6) is 0 Å². The molecule has 2 aromatic heterocycles. The van der Waals surface area contributed by atoms with Gasteiger partial charge in [-0.15, -0.1) is 11.8 Å². The van der Waals surface area contributed by atoms with Gasteiger partial charge in [-0.3, -0.25) is 24.3 Å². The molecular formula is C39H48N6O4S. The number of hydrogen-bond acceptors (Lipinski definition) is 8. The zero-order valence-corrected chi connectivity index (χ0v) is 30.2. The highest BCUT2D eigenvalue weighted by molar-refractivity contribution is 8.00. The Labute approximate surface area is 298 Å². The number of amides is 3. The molecule has 0 saturated carbocycles. The van der Waals surface area contributed by atoms with E-state index < -0.39 is 41.6 Å². The number of hydrogen-bond donors (Lipinski definition) is 4. The highest BCUT2D eigenvalue weighted by Gasteiger charge is 2.40. The maximum atomic E-state index is 13.9. The molecule has 11 heteroatoms. The van der Waals surface area contributed by atoms with Crippen molar-refractivity contribution in [3.63, 3.8) is 0 Å². The van der Waals surface area contributed by atoms with Crippen LogP contribution in [0.4, 0.5) is 0 Å². The number of nitrogens with one attached hydrogen (secondary N) is 3. The predicted octanol–water partition coefficient (Wildman–Crippen LogP) is 4.62. The molecule has 0 radical (unpaired) electrons. The monoisotopic (exact) mass is 696 g/mol. The van der Waals surface area contributed by atoms with Gasteiger partial charge in [0, 0.05) is 46.6 Å². The number of likely N-dealkylation sites (tertiary alicyclic amines) is 1. The number of carbonyl (C=O) groups excluding carboxylic acids is 3. The molecule has 50 heavy (non-hydrogen) atoms. The highest BCUT2D eigenvalue weighted by atomic mass is 32.2. The van der Waals surface area contributed by atoms with Crippen molar-refractivity contribution >= 4 is 40.4 Å². The number of carbonyl (C=O) groups is 3. The summed E-state index contributed by atoms with van der Waals surface area (Å²) in [6.07, 6.45) is 3.47. The van der Waals surface area contributed by atoms with Crippen molar-refractivity contribution in [2.75, 3.05) is 13.1 Å². The van der Waals surface area contributed by atoms with Gasteiger partial charge >= 0.3 is 0 Å². The number of nitrogens with zero attached hydrogens (tertiary/aromatic N) is 3. The van der Waals surface area contributed by atoms with Crippen molar-refractivity contribution in [3.05, 3.63) is 103 Å². The SMILES string of the molecule is CC(C)[C@H](NC(=O)c1ccc2ccccc2n1)C(=O)N[C@@H](Cc1ccccc1)[C@H](O)CN1C[C@H](Sc2ccncc2)C[C@H]1C(=O)NC(C)(C)C. The lowest BCUT2D eigenvalue weighted by atomic mass is 9.98. The van der Waals surface area contributed by atoms with E-state index >= 15 is 0 Å². The summed E-state index contributed by atoms with van der Waals surface area (Å²) in [5, 5.41) is 22.0. The molecule has 4 aromatic rings. The molecule has 2 aromatic carbocycles. The van der Waals surface area contributed by atoms with Gasteiger partial charge < -0.3 is 21.1 Å². The first kappa shape index (κ1) is 36.9. The van der Waals surface area contributed by atoms with Gasteiger partial charge in [-0.25, -0.2) is 4.98 Å². The Kier molecular flexibility index (Phi) is 12.3. The Bertz CT molecular complexity index is 1750. The Balaban J connectivity index is 1.34. The van der Waals surface area contributed by atoms with Crippen LogP contribution in [0.3, 0.4) is 0 Å². The molecule has 3 amide bonds. The molecule has 0 aliphatic carbocycles. The fraction of sp³-hybridized carbons (Fsp3) is 0.410. The normalized spacial score (nSPS) is 18.4. The summed E-state index contributed by atoms with van der Waals surface area (Å²) < 4.78 is 0. The molecule has 3 heterocycles. The van der Waals surface area contributed by atoms with Crippen LogP contribution in [0.1, 0.15) is 57.1 Å². The van der Waals surface area contributed by atoms with Crippen LogP contribution < -0.4 is 16.0 Å². The average molecular weight is 697 g/mol. The van der Waals surface area contributed by atoms with Crippen LogP contribution in [0.2, 0.25) is 0 Å². The van der Waals surface area contributed by atoms with Gasteiger partial charge in [0.2, 0.25) is 11.8 Å². The fourth-order valence-corrected chi connectivity index (χ4v) is 7.43. The number of β-amino-alcohol motifs (C(OH)–C–C–N with tert-alkyl or cyclic N) is 1. The molecule has 5 rings (SSSR count). The number of benzene rings is 2. The van der Waals surface area contributed by atoms with Crippen LogP contribution in [-0.2, 0) is 16.0 Å². The standard InChI is InChI=1S/C39H48N6O4S/c1-25(2)35(43-36(47)31-16-15-27-13-9-10-14-30(27)41-31)38(49)42-32(21-26-11-7-6-8-12-26)34(46)24-45-23-29(50-28-17-19-40-20-18-28)22-33(45)37(48)44-39(3,4)5/h6-20,25,29,32-35,46H,21-24H2,1-5H3,(H,42,49)(H,43,47)(H,44,48)/t29-,32+,33+,34-,35+/m1/s1. The van der Waals surface area contributed by atoms with Gasteiger partial charge in [0.25, 0.3) is 5.91 Å². The Morgan fingerprint density at radius 2 is 1.64 bits per heavy atom. The quantitative estimate of drug-likeness (QED) is 0.159. The second kappa shape index (κ2) is 16.6. The van der Waals surface area contributed by atoms with Crippen molar-refractivity contribution < 1.29 is 19.5 Å². The van der Waals surface area contributed by atoms with E-state index in [0.29, 0.717) is 24.9 Å². The van der Waals surface area contributed by atoms with Crippen LogP contribution in [0, 0.1) is 5.92 Å². The number of aliphatic hydroxyl groups excluding tert-OH is 1. The minimum Gasteiger partial charge on any atom is -0.390 e. The molecular weight excluding hydrogens is 649 g/mol. The number of thioether (sulfide) groups is 1. The maximum Gasteiger partial charge on any atom is 0.270 e. The van der Waals surface area contributed by atoms with Crippen molar-refractivity contribution in [1.82, 2.24) is 30.8 Å². The van der Waals surface area contributed by atoms with Gasteiger partial charge in [0.15, 0.2) is 0 Å². The van der Waals surface area contributed by atoms with Crippen LogP contribution in [0.15, 0.2) is 96.2 Å². The first-order valence-electron chi connectivity index (χ1n) is 17.2. The Morgan fingerprint density at radius 3 is 2.34 bits per heavy atom. The molecule has 5 atom stereocenters. The summed E-state index contributed by atoms with van der Waals surface area (Å²) in [6, 6.07) is 22.6. The highest BCUT2D eigenvalue weighted by Crippen LogP contribution is 2.33. The first-order chi connectivity index (χ1) is 23.9. The summed E-state index contributed by atoms with van der Waals surface area (Å²) in [5.41, 5.74) is 1.43. The molecule has 0 spiro atoms. The summed E-state index contributed by atoms with van der Waals surface area (Å²) in [6.45, 7) is 10.3. The largest absolute Gasteiger partial charge is 0.390 e. The number of aliphatic hydroxyl groups is 1. The fourth-order valence-electron chi connectivity index (χ4n) is 6.22. The minimum atomic E-state index is -1.01. The lowest BCUT2D eigenvalue weighted by Crippen LogP contribution is -2.57. The zero-order chi connectivity index (χ0) is 35.8. The number of para-hydroxylation sites is 1. The predicted molar refractivity (Wildman–Crippen MR) is 198 cm³/mol. The van der Waals surface area contributed by atoms with E-state index in [1.807, 2.05) is 112 Å². The van der Waals surface area contributed by atoms with E-state index in [9.17, 15) is 19.5 Å². The Morgan fingerprint density at radius 1 is 0.940 bits per heavy atom. The van der Waals surface area contributed by atoms with Gasteiger partial charge in [-0.1, -0.05) is 68.4 Å². The third-order valence-electron chi connectivity index (χ3n) is 8.70. The zero-order valence-electron chi connectivity index (χ0n) is 29.4. The molecule has 4 N–H and O–H groups in total. The number of aromatic nitrogens is 2. The third kappa shape index (κ3) is 10.1. The molecule has 1 saturated heterocycles. The molecule has 0 bridgehead atoms.